The van der Waals surface area contributed by atoms with Crippen molar-refractivity contribution >= 4 is 36.2 Å². The van der Waals surface area contributed by atoms with E-state index < -0.39 is 0 Å². The van der Waals surface area contributed by atoms with E-state index in [1.54, 1.807) is 55.6 Å². The molecule has 0 saturated carbocycles. The highest BCUT2D eigenvalue weighted by Crippen LogP contribution is 2.25. The number of amides is 2. The SMILES string of the molecule is C=c1ccc(C(=O)NCCOC)c(CC)/c1=C/N(C)CC1CN(C(=O)c2ccc(Oc3ccc(Cl)cc3)cc2)C1. The predicted molar refractivity (Wildman–Crippen MR) is 159 cm³/mol. The Bertz CT molecular complexity index is 1430. The molecule has 3 aromatic rings. The Morgan fingerprint density at radius 2 is 1.73 bits per heavy atom. The first-order valence-electron chi connectivity index (χ1n) is 13.4. The molecule has 1 heterocycles. The number of nitrogens with one attached hydrogen (secondary N) is 1. The second-order valence-electron chi connectivity index (χ2n) is 9.99. The molecule has 1 saturated heterocycles. The summed E-state index contributed by atoms with van der Waals surface area (Å²) in [5, 5.41) is 5.41. The van der Waals surface area contributed by atoms with Crippen molar-refractivity contribution in [2.24, 2.45) is 5.92 Å². The van der Waals surface area contributed by atoms with Crippen LogP contribution in [0.4, 0.5) is 0 Å². The van der Waals surface area contributed by atoms with Crippen molar-refractivity contribution in [2.75, 3.05) is 46.9 Å². The zero-order valence-electron chi connectivity index (χ0n) is 23.3. The number of nitrogens with zero attached hydrogens (tertiary/aromatic N) is 2. The second-order valence-corrected chi connectivity index (χ2v) is 10.4. The number of benzene rings is 3. The Morgan fingerprint density at radius 3 is 2.35 bits per heavy atom. The van der Waals surface area contributed by atoms with Gasteiger partial charge >= 0.3 is 0 Å². The summed E-state index contributed by atoms with van der Waals surface area (Å²) in [6.45, 7) is 9.35. The highest BCUT2D eigenvalue weighted by atomic mass is 35.5. The van der Waals surface area contributed by atoms with Gasteiger partial charge in [0.2, 0.25) is 0 Å². The van der Waals surface area contributed by atoms with Crippen LogP contribution in [0.2, 0.25) is 5.02 Å². The third kappa shape index (κ3) is 7.23. The minimum absolute atomic E-state index is 0.0152. The van der Waals surface area contributed by atoms with Gasteiger partial charge in [-0.1, -0.05) is 31.2 Å². The Kier molecular flexibility index (Phi) is 9.85. The standard InChI is InChI=1S/C32H36ClN3O4/c1-5-28-29(31(37)34-16-17-39-4)15-6-22(2)30(28)21-35(3)18-23-19-36(20-23)32(38)24-7-11-26(12-8-24)40-27-13-9-25(33)10-14-27/h6-15,21,23H,2,5,16-20H2,1,3-4H3,(H,34,37)/b30-21+. The summed E-state index contributed by atoms with van der Waals surface area (Å²) < 4.78 is 10.9. The van der Waals surface area contributed by atoms with Gasteiger partial charge in [-0.25, -0.2) is 0 Å². The van der Waals surface area contributed by atoms with Crippen molar-refractivity contribution in [1.82, 2.24) is 15.1 Å². The van der Waals surface area contributed by atoms with Crippen LogP contribution in [0.15, 0.2) is 60.7 Å². The molecule has 7 nitrogen and oxygen atoms in total. The topological polar surface area (TPSA) is 71.1 Å². The van der Waals surface area contributed by atoms with Crippen molar-refractivity contribution in [3.05, 3.63) is 92.8 Å². The molecule has 0 radical (unpaired) electrons. The first kappa shape index (κ1) is 29.2. The Balaban J connectivity index is 1.34. The lowest BCUT2D eigenvalue weighted by Crippen LogP contribution is -2.53. The van der Waals surface area contributed by atoms with E-state index in [4.69, 9.17) is 21.1 Å². The highest BCUT2D eigenvalue weighted by Gasteiger charge is 2.31. The maximum absolute atomic E-state index is 13.0. The first-order valence-corrected chi connectivity index (χ1v) is 13.8. The molecule has 2 amide bonds. The Hall–Kier alpha value is -3.81. The van der Waals surface area contributed by atoms with Gasteiger partial charge in [0.15, 0.2) is 0 Å². The van der Waals surface area contributed by atoms with E-state index in [-0.39, 0.29) is 11.8 Å². The number of carbonyl (C=O) groups is 2. The summed E-state index contributed by atoms with van der Waals surface area (Å²) in [4.78, 5) is 29.7. The van der Waals surface area contributed by atoms with Crippen molar-refractivity contribution in [3.8, 4) is 11.5 Å². The molecule has 0 aliphatic carbocycles. The Labute approximate surface area is 240 Å². The molecule has 1 N–H and O–H groups in total. The summed E-state index contributed by atoms with van der Waals surface area (Å²) >= 11 is 5.92. The molecule has 0 unspecified atom stereocenters. The van der Waals surface area contributed by atoms with Gasteiger partial charge in [-0.2, -0.15) is 0 Å². The number of ether oxygens (including phenoxy) is 2. The molecule has 1 aliphatic rings. The van der Waals surface area contributed by atoms with Gasteiger partial charge in [0.1, 0.15) is 11.5 Å². The molecule has 0 aromatic heterocycles. The van der Waals surface area contributed by atoms with E-state index in [1.807, 2.05) is 31.0 Å². The van der Waals surface area contributed by atoms with Gasteiger partial charge in [-0.05, 0) is 71.8 Å². The number of hydrogen-bond donors (Lipinski definition) is 1. The van der Waals surface area contributed by atoms with Crippen LogP contribution in [0.3, 0.4) is 0 Å². The number of rotatable bonds is 11. The summed E-state index contributed by atoms with van der Waals surface area (Å²) in [6.07, 6.45) is 2.78. The molecule has 1 aliphatic heterocycles. The van der Waals surface area contributed by atoms with Crippen LogP contribution in [0, 0.1) is 5.92 Å². The molecule has 0 atom stereocenters. The largest absolute Gasteiger partial charge is 0.457 e. The van der Waals surface area contributed by atoms with Gasteiger partial charge in [-0.3, -0.25) is 9.59 Å². The molecule has 3 aromatic carbocycles. The third-order valence-corrected chi connectivity index (χ3v) is 7.18. The summed E-state index contributed by atoms with van der Waals surface area (Å²) in [5.41, 5.74) is 2.27. The average molecular weight is 562 g/mol. The number of carbonyl (C=O) groups excluding carboxylic acids is 2. The van der Waals surface area contributed by atoms with Gasteiger partial charge in [0.25, 0.3) is 11.8 Å². The molecular formula is C32H36ClN3O4. The van der Waals surface area contributed by atoms with Crippen LogP contribution >= 0.6 is 11.6 Å². The fraction of sp³-hybridized carbons (Fsp3) is 0.312. The lowest BCUT2D eigenvalue weighted by Gasteiger charge is -2.41. The van der Waals surface area contributed by atoms with E-state index in [1.165, 1.54) is 0 Å². The van der Waals surface area contributed by atoms with E-state index in [0.29, 0.717) is 66.2 Å². The third-order valence-electron chi connectivity index (χ3n) is 6.93. The zero-order valence-corrected chi connectivity index (χ0v) is 24.0. The Morgan fingerprint density at radius 1 is 1.07 bits per heavy atom. The van der Waals surface area contributed by atoms with E-state index in [0.717, 1.165) is 22.5 Å². The summed E-state index contributed by atoms with van der Waals surface area (Å²) in [5.74, 6) is 1.61. The first-order chi connectivity index (χ1) is 19.3. The van der Waals surface area contributed by atoms with Crippen molar-refractivity contribution < 1.29 is 19.1 Å². The molecule has 0 spiro atoms. The van der Waals surface area contributed by atoms with Crippen molar-refractivity contribution in [3.63, 3.8) is 0 Å². The quantitative estimate of drug-likeness (QED) is 0.359. The van der Waals surface area contributed by atoms with E-state index >= 15 is 0 Å². The molecule has 4 rings (SSSR count). The highest BCUT2D eigenvalue weighted by molar-refractivity contribution is 6.30. The molecule has 0 bridgehead atoms. The van der Waals surface area contributed by atoms with Crippen LogP contribution in [0.5, 0.6) is 11.5 Å². The summed E-state index contributed by atoms with van der Waals surface area (Å²) in [6, 6.07) is 18.1. The maximum Gasteiger partial charge on any atom is 0.253 e. The van der Waals surface area contributed by atoms with Gasteiger partial charge in [0.05, 0.1) is 6.61 Å². The predicted octanol–water partition coefficient (Wildman–Crippen LogP) is 3.92. The number of methoxy groups -OCH3 is 1. The average Bonchev–Trinajstić information content (AvgIpc) is 2.93. The van der Waals surface area contributed by atoms with E-state index in [9.17, 15) is 9.59 Å². The fourth-order valence-corrected chi connectivity index (χ4v) is 4.97. The van der Waals surface area contributed by atoms with Crippen molar-refractivity contribution in [1.29, 1.82) is 0 Å². The van der Waals surface area contributed by atoms with Gasteiger partial charge < -0.3 is 24.6 Å². The monoisotopic (exact) mass is 561 g/mol. The van der Waals surface area contributed by atoms with Crippen LogP contribution < -0.4 is 20.5 Å². The number of hydrogen-bond acceptors (Lipinski definition) is 5. The number of halogens is 1. The minimum atomic E-state index is -0.107. The molecule has 40 heavy (non-hydrogen) atoms. The second kappa shape index (κ2) is 13.5. The van der Waals surface area contributed by atoms with Crippen LogP contribution in [0.1, 0.15) is 33.2 Å². The van der Waals surface area contributed by atoms with Crippen molar-refractivity contribution in [2.45, 2.75) is 13.3 Å². The minimum Gasteiger partial charge on any atom is -0.457 e. The van der Waals surface area contributed by atoms with Gasteiger partial charge in [-0.15, -0.1) is 0 Å². The molecule has 1 fully saturated rings. The fourth-order valence-electron chi connectivity index (χ4n) is 4.85. The lowest BCUT2D eigenvalue weighted by molar-refractivity contribution is 0.0468. The molecule has 8 heteroatoms. The van der Waals surface area contributed by atoms with Crippen LogP contribution in [-0.4, -0.2) is 68.6 Å². The van der Waals surface area contributed by atoms with Crippen LogP contribution in [0.25, 0.3) is 12.8 Å². The summed E-state index contributed by atoms with van der Waals surface area (Å²) in [7, 11) is 3.63. The van der Waals surface area contributed by atoms with Gasteiger partial charge in [0, 0.05) is 73.8 Å². The molecular weight excluding hydrogens is 526 g/mol. The smallest absolute Gasteiger partial charge is 0.253 e. The maximum atomic E-state index is 13.0. The van der Waals surface area contributed by atoms with E-state index in [2.05, 4.69) is 23.0 Å². The normalized spacial score (nSPS) is 13.6. The molecule has 210 valence electrons. The zero-order chi connectivity index (χ0) is 28.6. The van der Waals surface area contributed by atoms with Crippen LogP contribution in [-0.2, 0) is 11.2 Å². The number of likely N-dealkylation sites (tertiary alicyclic amines) is 1. The lowest BCUT2D eigenvalue weighted by atomic mass is 9.97.